The Morgan fingerprint density at radius 2 is 1.94 bits per heavy atom. The van der Waals surface area contributed by atoms with Crippen molar-refractivity contribution in [3.05, 3.63) is 77.6 Å². The first kappa shape index (κ1) is 23.1. The van der Waals surface area contributed by atoms with E-state index in [1.165, 1.54) is 16.7 Å². The van der Waals surface area contributed by atoms with Crippen molar-refractivity contribution in [2.75, 3.05) is 26.2 Å². The molecule has 0 aliphatic carbocycles. The molecule has 31 heavy (non-hydrogen) atoms. The summed E-state index contributed by atoms with van der Waals surface area (Å²) in [5.41, 5.74) is 5.00. The average molecular weight is 531 g/mol. The summed E-state index contributed by atoms with van der Waals surface area (Å²) in [6.45, 7) is 5.34. The van der Waals surface area contributed by atoms with Crippen LogP contribution in [0.3, 0.4) is 0 Å². The van der Waals surface area contributed by atoms with Crippen molar-refractivity contribution < 1.29 is 4.74 Å². The van der Waals surface area contributed by atoms with Gasteiger partial charge in [-0.2, -0.15) is 5.10 Å². The predicted molar refractivity (Wildman–Crippen MR) is 136 cm³/mol. The number of aromatic nitrogens is 2. The number of hydrogen-bond donors (Lipinski definition) is 2. The Kier molecular flexibility index (Phi) is 8.75. The molecular weight excluding hydrogens is 501 g/mol. The highest BCUT2D eigenvalue weighted by atomic mass is 127. The van der Waals surface area contributed by atoms with Gasteiger partial charge in [0.1, 0.15) is 5.75 Å². The summed E-state index contributed by atoms with van der Waals surface area (Å²) in [4.78, 5) is 4.73. The van der Waals surface area contributed by atoms with E-state index in [-0.39, 0.29) is 24.0 Å². The van der Waals surface area contributed by atoms with Gasteiger partial charge in [0.05, 0.1) is 12.3 Å². The van der Waals surface area contributed by atoms with Crippen LogP contribution in [-0.4, -0.2) is 42.0 Å². The molecule has 2 heterocycles. The molecule has 1 aromatic heterocycles. The fourth-order valence-corrected chi connectivity index (χ4v) is 3.60. The van der Waals surface area contributed by atoms with Gasteiger partial charge in [0, 0.05) is 38.4 Å². The number of fused-ring (bicyclic) bond motifs is 1. The monoisotopic (exact) mass is 531 g/mol. The van der Waals surface area contributed by atoms with Crippen molar-refractivity contribution in [1.82, 2.24) is 20.4 Å². The lowest BCUT2D eigenvalue weighted by atomic mass is 10.1. The summed E-state index contributed by atoms with van der Waals surface area (Å²) in [6.07, 6.45) is 6.62. The van der Waals surface area contributed by atoms with Crippen LogP contribution in [0.2, 0.25) is 0 Å². The van der Waals surface area contributed by atoms with Gasteiger partial charge in [-0.1, -0.05) is 24.3 Å². The number of nitrogens with one attached hydrogen (secondary N) is 2. The van der Waals surface area contributed by atoms with Crippen LogP contribution in [0.4, 0.5) is 0 Å². The third kappa shape index (κ3) is 6.46. The van der Waals surface area contributed by atoms with Crippen molar-refractivity contribution in [3.8, 4) is 11.4 Å². The van der Waals surface area contributed by atoms with Crippen LogP contribution in [0.1, 0.15) is 23.6 Å². The molecule has 0 saturated carbocycles. The molecule has 7 heteroatoms. The second-order valence-electron chi connectivity index (χ2n) is 7.35. The van der Waals surface area contributed by atoms with E-state index >= 15 is 0 Å². The summed E-state index contributed by atoms with van der Waals surface area (Å²) in [5, 5.41) is 11.0. The molecule has 1 aliphatic rings. The fourth-order valence-electron chi connectivity index (χ4n) is 3.60. The van der Waals surface area contributed by atoms with Gasteiger partial charge >= 0.3 is 0 Å². The summed E-state index contributed by atoms with van der Waals surface area (Å²) in [5.74, 6) is 1.91. The largest absolute Gasteiger partial charge is 0.493 e. The number of hydrogen-bond acceptors (Lipinski definition) is 3. The Morgan fingerprint density at radius 3 is 2.71 bits per heavy atom. The third-order valence-corrected chi connectivity index (χ3v) is 5.18. The molecule has 6 nitrogen and oxygen atoms in total. The Bertz CT molecular complexity index is 970. The molecule has 2 N–H and O–H groups in total. The Balaban J connectivity index is 0.00000272. The zero-order valence-corrected chi connectivity index (χ0v) is 20.2. The molecule has 0 bridgehead atoms. The molecule has 164 valence electrons. The maximum atomic E-state index is 5.59. The van der Waals surface area contributed by atoms with Crippen molar-refractivity contribution in [1.29, 1.82) is 0 Å². The van der Waals surface area contributed by atoms with Gasteiger partial charge in [0.15, 0.2) is 5.96 Å². The van der Waals surface area contributed by atoms with Crippen molar-refractivity contribution in [2.45, 2.75) is 26.2 Å². The minimum absolute atomic E-state index is 0. The van der Waals surface area contributed by atoms with Gasteiger partial charge in [-0.25, -0.2) is 4.68 Å². The molecule has 3 aromatic rings. The first-order chi connectivity index (χ1) is 14.8. The minimum Gasteiger partial charge on any atom is -0.493 e. The van der Waals surface area contributed by atoms with Crippen molar-refractivity contribution in [3.63, 3.8) is 0 Å². The average Bonchev–Trinajstić information content (AvgIpc) is 3.46. The second-order valence-corrected chi connectivity index (χ2v) is 7.35. The number of aliphatic imine (C=N–C) groups is 1. The summed E-state index contributed by atoms with van der Waals surface area (Å²) < 4.78 is 7.45. The lowest BCUT2D eigenvalue weighted by molar-refractivity contribution is 0.357. The van der Waals surface area contributed by atoms with Gasteiger partial charge in [-0.3, -0.25) is 4.99 Å². The van der Waals surface area contributed by atoms with Crippen LogP contribution >= 0.6 is 24.0 Å². The van der Waals surface area contributed by atoms with Crippen LogP contribution in [0.25, 0.3) is 5.69 Å². The SMILES string of the molecule is CCNC(=NCCc1ccc(-n2cccn2)cc1)NCCc1ccc2c(c1)CCO2.I. The molecule has 2 aromatic carbocycles. The highest BCUT2D eigenvalue weighted by Crippen LogP contribution is 2.25. The van der Waals surface area contributed by atoms with Crippen LogP contribution in [0.15, 0.2) is 65.9 Å². The molecule has 1 aliphatic heterocycles. The number of guanidine groups is 1. The van der Waals surface area contributed by atoms with Crippen LogP contribution in [-0.2, 0) is 19.3 Å². The van der Waals surface area contributed by atoms with E-state index in [1.54, 1.807) is 6.20 Å². The highest BCUT2D eigenvalue weighted by molar-refractivity contribution is 14.0. The molecule has 0 spiro atoms. The first-order valence-corrected chi connectivity index (χ1v) is 10.7. The standard InChI is InChI=1S/C24H29N5O.HI/c1-2-25-24(27-15-11-20-6-9-23-21(18-20)12-17-30-23)26-14-10-19-4-7-22(8-5-19)29-16-3-13-28-29;/h3-9,13,16,18H,2,10-12,14-15,17H2,1H3,(H2,25,26,27);1H. The fraction of sp³-hybridized carbons (Fsp3) is 0.333. The zero-order chi connectivity index (χ0) is 20.6. The number of ether oxygens (including phenoxy) is 1. The third-order valence-electron chi connectivity index (χ3n) is 5.18. The quantitative estimate of drug-likeness (QED) is 0.264. The van der Waals surface area contributed by atoms with E-state index in [0.717, 1.165) is 62.9 Å². The molecule has 0 fully saturated rings. The zero-order valence-electron chi connectivity index (χ0n) is 17.9. The Labute approximate surface area is 201 Å². The van der Waals surface area contributed by atoms with Gasteiger partial charge in [-0.15, -0.1) is 24.0 Å². The highest BCUT2D eigenvalue weighted by Gasteiger charge is 2.11. The van der Waals surface area contributed by atoms with Crippen LogP contribution < -0.4 is 15.4 Å². The number of halogens is 1. The van der Waals surface area contributed by atoms with E-state index in [2.05, 4.69) is 65.1 Å². The number of benzene rings is 2. The molecule has 0 unspecified atom stereocenters. The van der Waals surface area contributed by atoms with E-state index < -0.39 is 0 Å². The number of nitrogens with zero attached hydrogens (tertiary/aromatic N) is 3. The summed E-state index contributed by atoms with van der Waals surface area (Å²) in [7, 11) is 0. The summed E-state index contributed by atoms with van der Waals surface area (Å²) >= 11 is 0. The smallest absolute Gasteiger partial charge is 0.191 e. The van der Waals surface area contributed by atoms with E-state index in [0.29, 0.717) is 0 Å². The molecular formula is C24H30IN5O. The Morgan fingerprint density at radius 1 is 1.10 bits per heavy atom. The van der Waals surface area contributed by atoms with Gasteiger partial charge in [0.2, 0.25) is 0 Å². The van der Waals surface area contributed by atoms with Crippen LogP contribution in [0.5, 0.6) is 5.75 Å². The van der Waals surface area contributed by atoms with E-state index in [9.17, 15) is 0 Å². The lowest BCUT2D eigenvalue weighted by Gasteiger charge is -2.12. The van der Waals surface area contributed by atoms with Crippen molar-refractivity contribution >= 4 is 29.9 Å². The number of rotatable bonds is 8. The molecule has 0 radical (unpaired) electrons. The van der Waals surface area contributed by atoms with Crippen LogP contribution in [0, 0.1) is 0 Å². The van der Waals surface area contributed by atoms with E-state index in [1.807, 2.05) is 16.9 Å². The predicted octanol–water partition coefficient (Wildman–Crippen LogP) is 3.77. The molecule has 0 saturated heterocycles. The van der Waals surface area contributed by atoms with E-state index in [4.69, 9.17) is 9.73 Å². The van der Waals surface area contributed by atoms with Gasteiger partial charge in [-0.05, 0) is 60.7 Å². The second kappa shape index (κ2) is 11.7. The maximum absolute atomic E-state index is 5.59. The summed E-state index contributed by atoms with van der Waals surface area (Å²) in [6, 6.07) is 16.9. The minimum atomic E-state index is 0. The first-order valence-electron chi connectivity index (χ1n) is 10.7. The Hall–Kier alpha value is -2.55. The molecule has 0 amide bonds. The van der Waals surface area contributed by atoms with Crippen molar-refractivity contribution in [2.24, 2.45) is 4.99 Å². The molecule has 0 atom stereocenters. The molecule has 4 rings (SSSR count). The van der Waals surface area contributed by atoms with Gasteiger partial charge in [0.25, 0.3) is 0 Å². The van der Waals surface area contributed by atoms with Gasteiger partial charge < -0.3 is 15.4 Å². The normalized spacial score (nSPS) is 12.6. The topological polar surface area (TPSA) is 63.5 Å². The lowest BCUT2D eigenvalue weighted by Crippen LogP contribution is -2.38. The maximum Gasteiger partial charge on any atom is 0.191 e.